The molecule has 0 spiro atoms. The maximum atomic E-state index is 12.6. The summed E-state index contributed by atoms with van der Waals surface area (Å²) in [5, 5.41) is 4.52. The van der Waals surface area contributed by atoms with Gasteiger partial charge in [-0.05, 0) is 39.8 Å². The topological polar surface area (TPSA) is 38.1 Å². The SMILES string of the molecule is CCN(CC)C(=O)c1c(C)nn(-c2ccccc2)c1C. The molecule has 1 aromatic heterocycles. The second kappa shape index (κ2) is 5.90. The van der Waals surface area contributed by atoms with E-state index in [1.54, 1.807) is 0 Å². The molecular formula is C16H21N3O. The van der Waals surface area contributed by atoms with E-state index in [2.05, 4.69) is 5.10 Å². The first-order valence-electron chi connectivity index (χ1n) is 7.01. The average Bonchev–Trinajstić information content (AvgIpc) is 2.76. The quantitative estimate of drug-likeness (QED) is 0.857. The Balaban J connectivity index is 2.47. The molecule has 0 fully saturated rings. The fourth-order valence-corrected chi connectivity index (χ4v) is 2.44. The molecule has 1 heterocycles. The van der Waals surface area contributed by atoms with Crippen LogP contribution >= 0.6 is 0 Å². The number of hydrogen-bond donors (Lipinski definition) is 0. The van der Waals surface area contributed by atoms with Crippen molar-refractivity contribution in [2.75, 3.05) is 13.1 Å². The van der Waals surface area contributed by atoms with E-state index in [1.807, 2.05) is 67.6 Å². The summed E-state index contributed by atoms with van der Waals surface area (Å²) in [6, 6.07) is 9.89. The Bertz CT molecular complexity index is 598. The number of para-hydroxylation sites is 1. The van der Waals surface area contributed by atoms with Gasteiger partial charge in [-0.3, -0.25) is 4.79 Å². The minimum absolute atomic E-state index is 0.0622. The third kappa shape index (κ3) is 2.46. The summed E-state index contributed by atoms with van der Waals surface area (Å²) >= 11 is 0. The molecule has 1 amide bonds. The van der Waals surface area contributed by atoms with E-state index in [0.29, 0.717) is 13.1 Å². The van der Waals surface area contributed by atoms with Gasteiger partial charge in [0.1, 0.15) is 0 Å². The first kappa shape index (κ1) is 14.3. The molecule has 0 bridgehead atoms. The molecule has 2 aromatic rings. The predicted molar refractivity (Wildman–Crippen MR) is 80.3 cm³/mol. The highest BCUT2D eigenvalue weighted by Crippen LogP contribution is 2.19. The molecule has 0 radical (unpaired) electrons. The van der Waals surface area contributed by atoms with Crippen molar-refractivity contribution in [2.45, 2.75) is 27.7 Å². The molecule has 0 atom stereocenters. The van der Waals surface area contributed by atoms with E-state index in [4.69, 9.17) is 0 Å². The smallest absolute Gasteiger partial charge is 0.257 e. The van der Waals surface area contributed by atoms with E-state index < -0.39 is 0 Å². The Labute approximate surface area is 120 Å². The van der Waals surface area contributed by atoms with Crippen molar-refractivity contribution in [1.82, 2.24) is 14.7 Å². The zero-order chi connectivity index (χ0) is 14.7. The Morgan fingerprint density at radius 3 is 2.30 bits per heavy atom. The average molecular weight is 271 g/mol. The maximum absolute atomic E-state index is 12.6. The number of nitrogens with zero attached hydrogens (tertiary/aromatic N) is 3. The van der Waals surface area contributed by atoms with E-state index in [9.17, 15) is 4.79 Å². The van der Waals surface area contributed by atoms with Crippen LogP contribution in [0.5, 0.6) is 0 Å². The first-order valence-corrected chi connectivity index (χ1v) is 7.01. The molecule has 4 heteroatoms. The summed E-state index contributed by atoms with van der Waals surface area (Å²) in [6.07, 6.45) is 0. The maximum Gasteiger partial charge on any atom is 0.257 e. The van der Waals surface area contributed by atoms with Gasteiger partial charge in [0.25, 0.3) is 5.91 Å². The van der Waals surface area contributed by atoms with Crippen LogP contribution in [-0.4, -0.2) is 33.7 Å². The van der Waals surface area contributed by atoms with Crippen LogP contribution in [0.1, 0.15) is 35.6 Å². The summed E-state index contributed by atoms with van der Waals surface area (Å²) in [5.41, 5.74) is 3.37. The molecule has 0 aliphatic rings. The van der Waals surface area contributed by atoms with Crippen molar-refractivity contribution in [3.63, 3.8) is 0 Å². The zero-order valence-corrected chi connectivity index (χ0v) is 12.6. The van der Waals surface area contributed by atoms with Crippen LogP contribution in [0.4, 0.5) is 0 Å². The van der Waals surface area contributed by atoms with Crippen molar-refractivity contribution < 1.29 is 4.79 Å². The van der Waals surface area contributed by atoms with Gasteiger partial charge in [-0.1, -0.05) is 18.2 Å². The van der Waals surface area contributed by atoms with Crippen molar-refractivity contribution in [2.24, 2.45) is 0 Å². The molecule has 106 valence electrons. The number of carbonyl (C=O) groups excluding carboxylic acids is 1. The van der Waals surface area contributed by atoms with Crippen LogP contribution in [-0.2, 0) is 0 Å². The van der Waals surface area contributed by atoms with Gasteiger partial charge in [-0.2, -0.15) is 5.10 Å². The standard InChI is InChI=1S/C16H21N3O/c1-5-18(6-2)16(20)15-12(3)17-19(13(15)4)14-10-8-7-9-11-14/h7-11H,5-6H2,1-4H3. The van der Waals surface area contributed by atoms with E-state index >= 15 is 0 Å². The highest BCUT2D eigenvalue weighted by molar-refractivity contribution is 5.96. The zero-order valence-electron chi connectivity index (χ0n) is 12.6. The number of benzene rings is 1. The molecule has 0 saturated carbocycles. The molecule has 0 saturated heterocycles. The molecule has 0 N–H and O–H groups in total. The van der Waals surface area contributed by atoms with Crippen molar-refractivity contribution in [3.05, 3.63) is 47.3 Å². The molecule has 1 aromatic carbocycles. The van der Waals surface area contributed by atoms with Crippen LogP contribution in [0.2, 0.25) is 0 Å². The van der Waals surface area contributed by atoms with Gasteiger partial charge in [-0.15, -0.1) is 0 Å². The lowest BCUT2D eigenvalue weighted by Crippen LogP contribution is -2.31. The highest BCUT2D eigenvalue weighted by atomic mass is 16.2. The van der Waals surface area contributed by atoms with Crippen LogP contribution in [0.15, 0.2) is 30.3 Å². The van der Waals surface area contributed by atoms with Crippen molar-refractivity contribution in [1.29, 1.82) is 0 Å². The summed E-state index contributed by atoms with van der Waals surface area (Å²) in [6.45, 7) is 9.25. The molecule has 4 nitrogen and oxygen atoms in total. The van der Waals surface area contributed by atoms with Crippen molar-refractivity contribution in [3.8, 4) is 5.69 Å². The molecule has 20 heavy (non-hydrogen) atoms. The fourth-order valence-electron chi connectivity index (χ4n) is 2.44. The van der Waals surface area contributed by atoms with Gasteiger partial charge in [-0.25, -0.2) is 4.68 Å². The Hall–Kier alpha value is -2.10. The fraction of sp³-hybridized carbons (Fsp3) is 0.375. The first-order chi connectivity index (χ1) is 9.60. The van der Waals surface area contributed by atoms with Crippen LogP contribution in [0.25, 0.3) is 5.69 Å². The molecule has 2 rings (SSSR count). The third-order valence-electron chi connectivity index (χ3n) is 3.56. The summed E-state index contributed by atoms with van der Waals surface area (Å²) in [7, 11) is 0. The van der Waals surface area contributed by atoms with Crippen LogP contribution < -0.4 is 0 Å². The van der Waals surface area contributed by atoms with Crippen LogP contribution in [0, 0.1) is 13.8 Å². The van der Waals surface area contributed by atoms with Gasteiger partial charge >= 0.3 is 0 Å². The number of amides is 1. The lowest BCUT2D eigenvalue weighted by molar-refractivity contribution is 0.0771. The second-order valence-electron chi connectivity index (χ2n) is 4.77. The van der Waals surface area contributed by atoms with E-state index in [0.717, 1.165) is 22.6 Å². The van der Waals surface area contributed by atoms with Gasteiger partial charge < -0.3 is 4.90 Å². The molecular weight excluding hydrogens is 250 g/mol. The Kier molecular flexibility index (Phi) is 4.23. The van der Waals surface area contributed by atoms with E-state index in [-0.39, 0.29) is 5.91 Å². The summed E-state index contributed by atoms with van der Waals surface area (Å²) < 4.78 is 1.84. The van der Waals surface area contributed by atoms with Crippen LogP contribution in [0.3, 0.4) is 0 Å². The number of aryl methyl sites for hydroxylation is 1. The van der Waals surface area contributed by atoms with E-state index in [1.165, 1.54) is 0 Å². The largest absolute Gasteiger partial charge is 0.339 e. The lowest BCUT2D eigenvalue weighted by Gasteiger charge is -2.18. The molecule has 0 aliphatic heterocycles. The minimum Gasteiger partial charge on any atom is -0.339 e. The predicted octanol–water partition coefficient (Wildman–Crippen LogP) is 2.97. The normalized spacial score (nSPS) is 10.6. The number of carbonyl (C=O) groups is 1. The monoisotopic (exact) mass is 271 g/mol. The van der Waals surface area contributed by atoms with Gasteiger partial charge in [0.2, 0.25) is 0 Å². The second-order valence-corrected chi connectivity index (χ2v) is 4.77. The summed E-state index contributed by atoms with van der Waals surface area (Å²) in [4.78, 5) is 14.4. The Morgan fingerprint density at radius 2 is 1.75 bits per heavy atom. The molecule has 0 unspecified atom stereocenters. The lowest BCUT2D eigenvalue weighted by atomic mass is 10.1. The number of hydrogen-bond acceptors (Lipinski definition) is 2. The third-order valence-corrected chi connectivity index (χ3v) is 3.56. The van der Waals surface area contributed by atoms with Gasteiger partial charge in [0.05, 0.1) is 22.6 Å². The number of rotatable bonds is 4. The summed E-state index contributed by atoms with van der Waals surface area (Å²) in [5.74, 6) is 0.0622. The molecule has 0 aliphatic carbocycles. The van der Waals surface area contributed by atoms with Gasteiger partial charge in [0.15, 0.2) is 0 Å². The highest BCUT2D eigenvalue weighted by Gasteiger charge is 2.22. The number of aromatic nitrogens is 2. The minimum atomic E-state index is 0.0622. The Morgan fingerprint density at radius 1 is 1.15 bits per heavy atom. The van der Waals surface area contributed by atoms with Gasteiger partial charge in [0, 0.05) is 13.1 Å². The van der Waals surface area contributed by atoms with Crippen molar-refractivity contribution >= 4 is 5.91 Å².